The number of nitrogens with zero attached hydrogens (tertiary/aromatic N) is 1. The molecule has 0 radical (unpaired) electrons. The number of aryl methyl sites for hydroxylation is 1. The van der Waals surface area contributed by atoms with Gasteiger partial charge in [-0.1, -0.05) is 6.07 Å². The molecule has 0 saturated carbocycles. The summed E-state index contributed by atoms with van der Waals surface area (Å²) < 4.78 is 6.39. The summed E-state index contributed by atoms with van der Waals surface area (Å²) in [5.74, 6) is -0.533. The molecule has 0 fully saturated rings. The summed E-state index contributed by atoms with van der Waals surface area (Å²) in [7, 11) is 1.58. The Morgan fingerprint density at radius 1 is 1.38 bits per heavy atom. The smallest absolute Gasteiger partial charge is 0.263 e. The van der Waals surface area contributed by atoms with Crippen molar-refractivity contribution in [2.24, 2.45) is 7.05 Å². The van der Waals surface area contributed by atoms with Crippen molar-refractivity contribution >= 4 is 17.2 Å². The van der Waals surface area contributed by atoms with Crippen LogP contribution in [0.3, 0.4) is 0 Å². The van der Waals surface area contributed by atoms with E-state index in [1.165, 1.54) is 34.5 Å². The molecule has 1 amide bonds. The van der Waals surface area contributed by atoms with Gasteiger partial charge in [0.05, 0.1) is 19.1 Å². The van der Waals surface area contributed by atoms with E-state index in [4.69, 9.17) is 4.42 Å². The minimum absolute atomic E-state index is 0.0284. The molecule has 0 spiro atoms. The van der Waals surface area contributed by atoms with Gasteiger partial charge >= 0.3 is 0 Å². The fourth-order valence-corrected chi connectivity index (χ4v) is 3.26. The monoisotopic (exact) mass is 344 g/mol. The Morgan fingerprint density at radius 2 is 2.21 bits per heavy atom. The van der Waals surface area contributed by atoms with Gasteiger partial charge in [0.1, 0.15) is 11.2 Å². The number of hydrogen-bond donors (Lipinski definition) is 2. The van der Waals surface area contributed by atoms with Gasteiger partial charge in [-0.25, -0.2) is 0 Å². The van der Waals surface area contributed by atoms with Gasteiger partial charge in [0.2, 0.25) is 0 Å². The van der Waals surface area contributed by atoms with Crippen LogP contribution in [0.25, 0.3) is 0 Å². The van der Waals surface area contributed by atoms with Gasteiger partial charge in [-0.15, -0.1) is 11.3 Å². The molecule has 1 atom stereocenters. The normalized spacial score (nSPS) is 13.4. The van der Waals surface area contributed by atoms with Crippen LogP contribution in [0.15, 0.2) is 63.6 Å². The van der Waals surface area contributed by atoms with E-state index in [-0.39, 0.29) is 12.1 Å². The molecule has 3 aromatic heterocycles. The van der Waals surface area contributed by atoms with Crippen molar-refractivity contribution in [3.8, 4) is 0 Å². The minimum Gasteiger partial charge on any atom is -0.472 e. The summed E-state index contributed by atoms with van der Waals surface area (Å²) in [6.45, 7) is -0.0794. The number of amides is 1. The molecule has 0 aliphatic carbocycles. The quantitative estimate of drug-likeness (QED) is 0.738. The lowest BCUT2D eigenvalue weighted by Crippen LogP contribution is -2.42. The molecule has 7 heteroatoms. The number of carbonyl (C=O) groups is 1. The molecule has 6 nitrogen and oxygen atoms in total. The zero-order chi connectivity index (χ0) is 17.2. The summed E-state index contributed by atoms with van der Waals surface area (Å²) in [6, 6.07) is 8.33. The van der Waals surface area contributed by atoms with Crippen LogP contribution >= 0.6 is 11.3 Å². The average molecular weight is 344 g/mol. The molecule has 0 bridgehead atoms. The standard InChI is InChI=1S/C17H16N2O4S/c1-19-7-2-4-13(16(19)21)15(20)18-11-17(22,12-6-8-23-10-12)14-5-3-9-24-14/h2-10,22H,11H2,1H3,(H,18,20)/t17-/m1/s1. The van der Waals surface area contributed by atoms with E-state index >= 15 is 0 Å². The Kier molecular flexibility index (Phi) is 4.37. The third-order valence-corrected chi connectivity index (χ3v) is 4.82. The summed E-state index contributed by atoms with van der Waals surface area (Å²) in [5.41, 5.74) is -1.25. The number of thiophene rings is 1. The van der Waals surface area contributed by atoms with Crippen molar-refractivity contribution in [2.75, 3.05) is 6.54 Å². The second-order valence-electron chi connectivity index (χ2n) is 5.37. The summed E-state index contributed by atoms with van der Waals surface area (Å²) >= 11 is 1.37. The van der Waals surface area contributed by atoms with E-state index < -0.39 is 17.1 Å². The van der Waals surface area contributed by atoms with Crippen LogP contribution in [0.1, 0.15) is 20.8 Å². The molecule has 3 heterocycles. The lowest BCUT2D eigenvalue weighted by atomic mass is 9.94. The third-order valence-electron chi connectivity index (χ3n) is 3.80. The molecule has 2 N–H and O–H groups in total. The molecule has 24 heavy (non-hydrogen) atoms. The van der Waals surface area contributed by atoms with E-state index in [0.717, 1.165) is 0 Å². The lowest BCUT2D eigenvalue weighted by Gasteiger charge is -2.26. The molecule has 0 saturated heterocycles. The van der Waals surface area contributed by atoms with Gasteiger partial charge in [-0.05, 0) is 29.6 Å². The zero-order valence-corrected chi connectivity index (χ0v) is 13.7. The molecule has 0 aliphatic heterocycles. The van der Waals surface area contributed by atoms with Gasteiger partial charge in [-0.2, -0.15) is 0 Å². The Labute approximate surface area is 142 Å². The van der Waals surface area contributed by atoms with Crippen LogP contribution < -0.4 is 10.9 Å². The number of aliphatic hydroxyl groups is 1. The first-order chi connectivity index (χ1) is 11.5. The van der Waals surface area contributed by atoms with E-state index in [0.29, 0.717) is 10.4 Å². The maximum atomic E-state index is 12.3. The molecule has 0 aromatic carbocycles. The van der Waals surface area contributed by atoms with Gasteiger partial charge in [0.15, 0.2) is 0 Å². The first-order valence-corrected chi connectivity index (χ1v) is 8.13. The molecule has 3 rings (SSSR count). The predicted molar refractivity (Wildman–Crippen MR) is 90.0 cm³/mol. The van der Waals surface area contributed by atoms with Crippen LogP contribution in [0.2, 0.25) is 0 Å². The molecule has 124 valence electrons. The highest BCUT2D eigenvalue weighted by molar-refractivity contribution is 7.10. The van der Waals surface area contributed by atoms with E-state index in [9.17, 15) is 14.7 Å². The molecule has 0 unspecified atom stereocenters. The molecule has 3 aromatic rings. The Hall–Kier alpha value is -2.64. The third kappa shape index (κ3) is 2.91. The number of pyridine rings is 1. The average Bonchev–Trinajstić information content (AvgIpc) is 3.28. The van der Waals surface area contributed by atoms with Crippen LogP contribution in [-0.4, -0.2) is 22.1 Å². The topological polar surface area (TPSA) is 84.5 Å². The lowest BCUT2D eigenvalue weighted by molar-refractivity contribution is 0.0713. The SMILES string of the molecule is Cn1cccc(C(=O)NC[C@@](O)(c2ccoc2)c2cccs2)c1=O. The first kappa shape index (κ1) is 16.2. The van der Waals surface area contributed by atoms with Crippen LogP contribution in [0, 0.1) is 0 Å². The number of aromatic nitrogens is 1. The van der Waals surface area contributed by atoms with Gasteiger partial charge in [0, 0.05) is 23.7 Å². The van der Waals surface area contributed by atoms with Crippen LogP contribution in [-0.2, 0) is 12.6 Å². The predicted octanol–water partition coefficient (Wildman–Crippen LogP) is 1.71. The van der Waals surface area contributed by atoms with Gasteiger partial charge < -0.3 is 19.4 Å². The highest BCUT2D eigenvalue weighted by Gasteiger charge is 2.34. The van der Waals surface area contributed by atoms with Crippen molar-refractivity contribution in [1.82, 2.24) is 9.88 Å². The fourth-order valence-electron chi connectivity index (χ4n) is 2.42. The van der Waals surface area contributed by atoms with Crippen molar-refractivity contribution in [3.63, 3.8) is 0 Å². The molecular formula is C17H16N2O4S. The van der Waals surface area contributed by atoms with Crippen molar-refractivity contribution in [1.29, 1.82) is 0 Å². The van der Waals surface area contributed by atoms with E-state index in [2.05, 4.69) is 5.32 Å². The van der Waals surface area contributed by atoms with Crippen molar-refractivity contribution in [3.05, 3.63) is 80.8 Å². The number of furan rings is 1. The van der Waals surface area contributed by atoms with Gasteiger partial charge in [-0.3, -0.25) is 9.59 Å². The highest BCUT2D eigenvalue weighted by atomic mass is 32.1. The largest absolute Gasteiger partial charge is 0.472 e. The summed E-state index contributed by atoms with van der Waals surface area (Å²) in [5, 5.41) is 15.6. The second kappa shape index (κ2) is 6.46. The Bertz CT molecular complexity index is 847. The highest BCUT2D eigenvalue weighted by Crippen LogP contribution is 2.32. The first-order valence-electron chi connectivity index (χ1n) is 7.25. The summed E-state index contributed by atoms with van der Waals surface area (Å²) in [6.07, 6.45) is 4.47. The molecule has 0 aliphatic rings. The number of nitrogens with one attached hydrogen (secondary N) is 1. The number of hydrogen-bond acceptors (Lipinski definition) is 5. The van der Waals surface area contributed by atoms with Gasteiger partial charge in [0.25, 0.3) is 11.5 Å². The summed E-state index contributed by atoms with van der Waals surface area (Å²) in [4.78, 5) is 25.0. The fraction of sp³-hybridized carbons (Fsp3) is 0.176. The Balaban J connectivity index is 1.86. The van der Waals surface area contributed by atoms with E-state index in [1.807, 2.05) is 11.4 Å². The van der Waals surface area contributed by atoms with Crippen LogP contribution in [0.5, 0.6) is 0 Å². The second-order valence-corrected chi connectivity index (χ2v) is 6.32. The number of carbonyl (C=O) groups excluding carboxylic acids is 1. The maximum absolute atomic E-state index is 12.3. The molecular weight excluding hydrogens is 328 g/mol. The maximum Gasteiger partial charge on any atom is 0.263 e. The zero-order valence-electron chi connectivity index (χ0n) is 12.9. The van der Waals surface area contributed by atoms with Crippen molar-refractivity contribution < 1.29 is 14.3 Å². The van der Waals surface area contributed by atoms with Crippen LogP contribution in [0.4, 0.5) is 0 Å². The number of rotatable bonds is 5. The van der Waals surface area contributed by atoms with Crippen molar-refractivity contribution in [2.45, 2.75) is 5.60 Å². The van der Waals surface area contributed by atoms with E-state index in [1.54, 1.807) is 31.4 Å². The minimum atomic E-state index is -1.42. The Morgan fingerprint density at radius 3 is 2.88 bits per heavy atom.